The second-order valence-corrected chi connectivity index (χ2v) is 1.79. The van der Waals surface area contributed by atoms with Crippen LogP contribution in [-0.4, -0.2) is 7.11 Å². The first-order valence-electron chi connectivity index (χ1n) is 4.04. The minimum absolute atomic E-state index is 0.445. The van der Waals surface area contributed by atoms with Crippen molar-refractivity contribution in [3.8, 4) is 0 Å². The molecule has 0 unspecified atom stereocenters. The molecule has 2 N–H and O–H groups in total. The van der Waals surface area contributed by atoms with E-state index in [0.29, 0.717) is 11.5 Å². The van der Waals surface area contributed by atoms with Crippen molar-refractivity contribution in [3.05, 3.63) is 36.3 Å². The fourth-order valence-electron chi connectivity index (χ4n) is 0.490. The summed E-state index contributed by atoms with van der Waals surface area (Å²) in [5.41, 5.74) is 5.81. The zero-order valence-corrected chi connectivity index (χ0v) is 8.42. The Labute approximate surface area is 75.4 Å². The highest BCUT2D eigenvalue weighted by Gasteiger charge is 1.92. The van der Waals surface area contributed by atoms with Gasteiger partial charge in [-0.3, -0.25) is 0 Å². The Bertz CT molecular complexity index is 169. The van der Waals surface area contributed by atoms with Crippen molar-refractivity contribution in [1.82, 2.24) is 0 Å². The maximum atomic E-state index is 5.37. The third-order valence-corrected chi connectivity index (χ3v) is 0.976. The fraction of sp³-hybridized carbons (Fsp3) is 0.400. The van der Waals surface area contributed by atoms with Crippen LogP contribution >= 0.6 is 0 Å². The van der Waals surface area contributed by atoms with Gasteiger partial charge in [0, 0.05) is 0 Å². The van der Waals surface area contributed by atoms with Crippen LogP contribution in [0.4, 0.5) is 0 Å². The van der Waals surface area contributed by atoms with E-state index in [9.17, 15) is 0 Å². The van der Waals surface area contributed by atoms with E-state index in [-0.39, 0.29) is 0 Å². The number of hydrogen-bond acceptors (Lipinski definition) is 2. The number of methoxy groups -OCH3 is 1. The predicted octanol–water partition coefficient (Wildman–Crippen LogP) is 2.59. The van der Waals surface area contributed by atoms with E-state index in [1.165, 1.54) is 0 Å². The van der Waals surface area contributed by atoms with Crippen LogP contribution in [0, 0.1) is 0 Å². The summed E-state index contributed by atoms with van der Waals surface area (Å²) in [5, 5.41) is 0. The number of rotatable bonds is 3. The minimum atomic E-state index is 0.445. The van der Waals surface area contributed by atoms with E-state index in [4.69, 9.17) is 10.5 Å². The van der Waals surface area contributed by atoms with Crippen molar-refractivity contribution in [3.63, 3.8) is 0 Å². The molecule has 0 radical (unpaired) electrons. The summed E-state index contributed by atoms with van der Waals surface area (Å²) in [4.78, 5) is 0. The van der Waals surface area contributed by atoms with E-state index in [1.54, 1.807) is 13.2 Å². The molecular weight excluding hydrogens is 150 g/mol. The Morgan fingerprint density at radius 3 is 2.17 bits per heavy atom. The summed E-state index contributed by atoms with van der Waals surface area (Å²) in [7, 11) is 1.56. The molecule has 0 aromatic heterocycles. The van der Waals surface area contributed by atoms with Crippen LogP contribution in [0.3, 0.4) is 0 Å². The molecule has 0 aliphatic rings. The highest BCUT2D eigenvalue weighted by atomic mass is 16.5. The maximum absolute atomic E-state index is 5.37. The normalized spacial score (nSPS) is 10.5. The van der Waals surface area contributed by atoms with Crippen LogP contribution in [0.5, 0.6) is 0 Å². The third kappa shape index (κ3) is 6.93. The largest absolute Gasteiger partial charge is 0.495 e. The molecule has 2 heteroatoms. The highest BCUT2D eigenvalue weighted by molar-refractivity contribution is 5.23. The van der Waals surface area contributed by atoms with Crippen LogP contribution in [-0.2, 0) is 4.74 Å². The van der Waals surface area contributed by atoms with Gasteiger partial charge in [-0.2, -0.15) is 0 Å². The number of ether oxygens (including phenoxy) is 1. The summed E-state index contributed by atoms with van der Waals surface area (Å²) in [6, 6.07) is 0. The first-order chi connectivity index (χ1) is 5.72. The van der Waals surface area contributed by atoms with Gasteiger partial charge in [0.15, 0.2) is 0 Å². The molecule has 0 bridgehead atoms. The molecule has 0 aromatic rings. The fourth-order valence-corrected chi connectivity index (χ4v) is 0.490. The highest BCUT2D eigenvalue weighted by Crippen LogP contribution is 2.01. The van der Waals surface area contributed by atoms with Crippen LogP contribution in [0.15, 0.2) is 36.3 Å². The smallest absolute Gasteiger partial charge is 0.141 e. The van der Waals surface area contributed by atoms with Gasteiger partial charge in [-0.25, -0.2) is 0 Å². The summed E-state index contributed by atoms with van der Waals surface area (Å²) < 4.78 is 4.90. The summed E-state index contributed by atoms with van der Waals surface area (Å²) in [6.45, 7) is 9.45. The van der Waals surface area contributed by atoms with E-state index < -0.39 is 0 Å². The SMILES string of the molecule is C=C(N)/C(=C\C=C/C)OC.CC. The van der Waals surface area contributed by atoms with Gasteiger partial charge in [-0.1, -0.05) is 32.6 Å². The molecule has 0 aliphatic heterocycles. The molecule has 0 fully saturated rings. The Kier molecular flexibility index (Phi) is 11.0. The van der Waals surface area contributed by atoms with Gasteiger partial charge in [-0.05, 0) is 13.0 Å². The van der Waals surface area contributed by atoms with Gasteiger partial charge in [0.2, 0.25) is 0 Å². The first-order valence-corrected chi connectivity index (χ1v) is 4.04. The molecule has 0 atom stereocenters. The molecule has 0 aliphatic carbocycles. The van der Waals surface area contributed by atoms with Gasteiger partial charge in [0.25, 0.3) is 0 Å². The average molecular weight is 169 g/mol. The van der Waals surface area contributed by atoms with E-state index in [1.807, 2.05) is 32.9 Å². The Morgan fingerprint density at radius 2 is 1.92 bits per heavy atom. The number of allylic oxidation sites excluding steroid dienone is 3. The van der Waals surface area contributed by atoms with E-state index >= 15 is 0 Å². The van der Waals surface area contributed by atoms with Gasteiger partial charge < -0.3 is 10.5 Å². The second-order valence-electron chi connectivity index (χ2n) is 1.79. The molecular formula is C10H19NO. The van der Waals surface area contributed by atoms with Gasteiger partial charge >= 0.3 is 0 Å². The van der Waals surface area contributed by atoms with Gasteiger partial charge in [0.1, 0.15) is 5.76 Å². The van der Waals surface area contributed by atoms with Gasteiger partial charge in [0.05, 0.1) is 12.8 Å². The summed E-state index contributed by atoms with van der Waals surface area (Å²) in [5.74, 6) is 0.609. The molecule has 0 saturated carbocycles. The zero-order valence-electron chi connectivity index (χ0n) is 8.42. The molecule has 0 amide bonds. The second kappa shape index (κ2) is 9.82. The zero-order chi connectivity index (χ0) is 9.98. The molecule has 12 heavy (non-hydrogen) atoms. The Hall–Kier alpha value is -1.18. The monoisotopic (exact) mass is 169 g/mol. The summed E-state index contributed by atoms with van der Waals surface area (Å²) in [6.07, 6.45) is 5.50. The Balaban J connectivity index is 0. The quantitative estimate of drug-likeness (QED) is 0.520. The molecule has 0 aromatic carbocycles. The van der Waals surface area contributed by atoms with Crippen LogP contribution in [0.2, 0.25) is 0 Å². The lowest BCUT2D eigenvalue weighted by Gasteiger charge is -2.01. The molecule has 2 nitrogen and oxygen atoms in total. The third-order valence-electron chi connectivity index (χ3n) is 0.976. The van der Waals surface area contributed by atoms with Crippen molar-refractivity contribution in [1.29, 1.82) is 0 Å². The lowest BCUT2D eigenvalue weighted by molar-refractivity contribution is 0.300. The summed E-state index contributed by atoms with van der Waals surface area (Å²) >= 11 is 0. The van der Waals surface area contributed by atoms with Crippen molar-refractivity contribution in [2.24, 2.45) is 5.73 Å². The maximum Gasteiger partial charge on any atom is 0.141 e. The lowest BCUT2D eigenvalue weighted by Crippen LogP contribution is -2.00. The predicted molar refractivity (Wildman–Crippen MR) is 54.6 cm³/mol. The molecule has 0 heterocycles. The first kappa shape index (κ1) is 13.4. The standard InChI is InChI=1S/C8H13NO.C2H6/c1-4-5-6-8(10-3)7(2)9;1-2/h4-6H,2,9H2,1,3H3;1-2H3/b5-4-,8-6+;. The lowest BCUT2D eigenvalue weighted by atomic mass is 10.3. The van der Waals surface area contributed by atoms with Crippen molar-refractivity contribution < 1.29 is 4.74 Å². The molecule has 0 rings (SSSR count). The van der Waals surface area contributed by atoms with Crippen molar-refractivity contribution in [2.45, 2.75) is 20.8 Å². The van der Waals surface area contributed by atoms with Gasteiger partial charge in [-0.15, -0.1) is 0 Å². The van der Waals surface area contributed by atoms with Crippen molar-refractivity contribution in [2.75, 3.05) is 7.11 Å². The van der Waals surface area contributed by atoms with E-state index in [0.717, 1.165) is 0 Å². The topological polar surface area (TPSA) is 35.2 Å². The molecule has 70 valence electrons. The molecule has 0 spiro atoms. The van der Waals surface area contributed by atoms with Crippen molar-refractivity contribution >= 4 is 0 Å². The number of nitrogens with two attached hydrogens (primary N) is 1. The van der Waals surface area contributed by atoms with Crippen LogP contribution in [0.25, 0.3) is 0 Å². The molecule has 0 saturated heterocycles. The Morgan fingerprint density at radius 1 is 1.42 bits per heavy atom. The van der Waals surface area contributed by atoms with Crippen LogP contribution in [0.1, 0.15) is 20.8 Å². The minimum Gasteiger partial charge on any atom is -0.495 e. The number of hydrogen-bond donors (Lipinski definition) is 1. The van der Waals surface area contributed by atoms with E-state index in [2.05, 4.69) is 6.58 Å². The average Bonchev–Trinajstić information content (AvgIpc) is 2.09. The van der Waals surface area contributed by atoms with Crippen LogP contribution < -0.4 is 5.73 Å².